The second-order valence-corrected chi connectivity index (χ2v) is 10.5. The van der Waals surface area contributed by atoms with Crippen LogP contribution in [0.3, 0.4) is 0 Å². The summed E-state index contributed by atoms with van der Waals surface area (Å²) in [6, 6.07) is 9.83. The molecule has 208 valence electrons. The zero-order valence-corrected chi connectivity index (χ0v) is 23.3. The van der Waals surface area contributed by atoms with E-state index < -0.39 is 29.2 Å². The van der Waals surface area contributed by atoms with Crippen LogP contribution in [0, 0.1) is 12.7 Å². The van der Waals surface area contributed by atoms with Gasteiger partial charge in [0.05, 0.1) is 35.9 Å². The van der Waals surface area contributed by atoms with E-state index in [9.17, 15) is 18.8 Å². The number of ether oxygens (including phenoxy) is 2. The minimum Gasteiger partial charge on any atom is -0.494 e. The molecule has 0 bridgehead atoms. The second-order valence-electron chi connectivity index (χ2n) is 9.50. The van der Waals surface area contributed by atoms with E-state index in [4.69, 9.17) is 13.9 Å². The standard InChI is InChI=1S/C30H29FN2O6S/c1-4-6-7-8-15-38-20-12-9-18(10-13-20)24-23-25(34)21-16-19(31)11-14-22(21)39-26(23)28(35)33(24)30-32-17(3)27(40-30)29(36)37-5-2/h9-14,16,24H,4-8,15H2,1-3H3. The molecule has 2 aromatic heterocycles. The summed E-state index contributed by atoms with van der Waals surface area (Å²) in [6.45, 7) is 6.29. The largest absolute Gasteiger partial charge is 0.494 e. The predicted molar refractivity (Wildman–Crippen MR) is 150 cm³/mol. The molecule has 1 aliphatic rings. The van der Waals surface area contributed by atoms with Gasteiger partial charge in [0.2, 0.25) is 5.76 Å². The number of amides is 1. The maximum atomic E-state index is 14.1. The van der Waals surface area contributed by atoms with Crippen molar-refractivity contribution in [2.24, 2.45) is 0 Å². The van der Waals surface area contributed by atoms with Crippen molar-refractivity contribution in [1.82, 2.24) is 4.98 Å². The number of benzene rings is 2. The third-order valence-electron chi connectivity index (χ3n) is 6.75. The Morgan fingerprint density at radius 2 is 1.88 bits per heavy atom. The zero-order chi connectivity index (χ0) is 28.4. The van der Waals surface area contributed by atoms with Crippen LogP contribution < -0.4 is 15.1 Å². The number of rotatable bonds is 10. The molecule has 0 saturated heterocycles. The number of thiazole rings is 1. The topological polar surface area (TPSA) is 98.9 Å². The summed E-state index contributed by atoms with van der Waals surface area (Å²) < 4.78 is 31.0. The van der Waals surface area contributed by atoms with Crippen LogP contribution in [0.1, 0.15) is 82.6 Å². The highest BCUT2D eigenvalue weighted by molar-refractivity contribution is 7.17. The maximum Gasteiger partial charge on any atom is 0.350 e. The Hall–Kier alpha value is -4.05. The lowest BCUT2D eigenvalue weighted by molar-refractivity contribution is 0.0531. The molecule has 0 fully saturated rings. The van der Waals surface area contributed by atoms with E-state index in [0.717, 1.165) is 43.1 Å². The van der Waals surface area contributed by atoms with Crippen LogP contribution in [0.4, 0.5) is 9.52 Å². The van der Waals surface area contributed by atoms with E-state index in [-0.39, 0.29) is 38.9 Å². The van der Waals surface area contributed by atoms with Gasteiger partial charge < -0.3 is 13.9 Å². The molecule has 3 heterocycles. The van der Waals surface area contributed by atoms with E-state index >= 15 is 0 Å². The zero-order valence-electron chi connectivity index (χ0n) is 22.5. The van der Waals surface area contributed by atoms with Gasteiger partial charge in [-0.05, 0) is 56.2 Å². The SMILES string of the molecule is CCCCCCOc1ccc(C2c3c(oc4ccc(F)cc4c3=O)C(=O)N2c2nc(C)c(C(=O)OCC)s2)cc1. The van der Waals surface area contributed by atoms with Crippen LogP contribution in [0.25, 0.3) is 11.0 Å². The molecule has 4 aromatic rings. The third kappa shape index (κ3) is 5.11. The van der Waals surface area contributed by atoms with Crippen molar-refractivity contribution in [2.75, 3.05) is 18.1 Å². The molecule has 40 heavy (non-hydrogen) atoms. The van der Waals surface area contributed by atoms with Crippen molar-refractivity contribution in [3.63, 3.8) is 0 Å². The number of aromatic nitrogens is 1. The number of nitrogens with zero attached hydrogens (tertiary/aromatic N) is 2. The molecule has 1 aliphatic heterocycles. The van der Waals surface area contributed by atoms with E-state index in [2.05, 4.69) is 11.9 Å². The first kappa shape index (κ1) is 27.5. The van der Waals surface area contributed by atoms with Gasteiger partial charge in [-0.15, -0.1) is 0 Å². The number of unbranched alkanes of at least 4 members (excludes halogenated alkanes) is 3. The Bertz CT molecular complexity index is 1630. The van der Waals surface area contributed by atoms with Crippen molar-refractivity contribution in [2.45, 2.75) is 52.5 Å². The second kappa shape index (κ2) is 11.6. The molecular weight excluding hydrogens is 535 g/mol. The molecule has 1 unspecified atom stereocenters. The van der Waals surface area contributed by atoms with E-state index in [1.807, 2.05) is 0 Å². The van der Waals surface area contributed by atoms with Gasteiger partial charge >= 0.3 is 5.97 Å². The van der Waals surface area contributed by atoms with Gasteiger partial charge in [-0.1, -0.05) is 49.7 Å². The molecule has 8 nitrogen and oxygen atoms in total. The molecule has 0 saturated carbocycles. The van der Waals surface area contributed by atoms with Crippen LogP contribution >= 0.6 is 11.3 Å². The van der Waals surface area contributed by atoms with Crippen molar-refractivity contribution in [1.29, 1.82) is 0 Å². The molecule has 5 rings (SSSR count). The number of anilines is 1. The predicted octanol–water partition coefficient (Wildman–Crippen LogP) is 6.58. The summed E-state index contributed by atoms with van der Waals surface area (Å²) in [5, 5.41) is 0.251. The van der Waals surface area contributed by atoms with E-state index in [0.29, 0.717) is 23.6 Å². The average molecular weight is 565 g/mol. The molecule has 10 heteroatoms. The highest BCUT2D eigenvalue weighted by atomic mass is 32.1. The van der Waals surface area contributed by atoms with Gasteiger partial charge in [-0.2, -0.15) is 0 Å². The average Bonchev–Trinajstić information content (AvgIpc) is 3.46. The molecule has 0 N–H and O–H groups in total. The minimum atomic E-state index is -0.911. The Balaban J connectivity index is 1.59. The molecule has 0 aliphatic carbocycles. The van der Waals surface area contributed by atoms with E-state index in [1.54, 1.807) is 38.1 Å². The monoisotopic (exact) mass is 564 g/mol. The van der Waals surface area contributed by atoms with Crippen molar-refractivity contribution >= 4 is 39.3 Å². The van der Waals surface area contributed by atoms with Gasteiger partial charge in [-0.25, -0.2) is 14.2 Å². The first-order chi connectivity index (χ1) is 19.3. The van der Waals surface area contributed by atoms with Crippen LogP contribution in [-0.2, 0) is 4.74 Å². The number of halogens is 1. The number of hydrogen-bond acceptors (Lipinski definition) is 8. The maximum absolute atomic E-state index is 14.1. The lowest BCUT2D eigenvalue weighted by atomic mass is 9.98. The lowest BCUT2D eigenvalue weighted by Crippen LogP contribution is -2.29. The van der Waals surface area contributed by atoms with Gasteiger partial charge in [0.15, 0.2) is 10.6 Å². The van der Waals surface area contributed by atoms with Crippen molar-refractivity contribution < 1.29 is 27.9 Å². The number of esters is 1. The fourth-order valence-corrected chi connectivity index (χ4v) is 5.78. The normalized spacial score (nSPS) is 14.6. The minimum absolute atomic E-state index is 0.0352. The molecule has 0 radical (unpaired) electrons. The third-order valence-corrected chi connectivity index (χ3v) is 7.88. The van der Waals surface area contributed by atoms with Crippen LogP contribution in [-0.4, -0.2) is 30.1 Å². The first-order valence-electron chi connectivity index (χ1n) is 13.3. The van der Waals surface area contributed by atoms with Gasteiger partial charge in [-0.3, -0.25) is 14.5 Å². The number of fused-ring (bicyclic) bond motifs is 2. The number of carbonyl (C=O) groups is 2. The number of hydrogen-bond donors (Lipinski definition) is 0. The highest BCUT2D eigenvalue weighted by Crippen LogP contribution is 2.43. The van der Waals surface area contributed by atoms with Gasteiger partial charge in [0.1, 0.15) is 22.0 Å². The highest BCUT2D eigenvalue weighted by Gasteiger charge is 2.45. The molecular formula is C30H29FN2O6S. The lowest BCUT2D eigenvalue weighted by Gasteiger charge is -2.22. The molecule has 1 amide bonds. The van der Waals surface area contributed by atoms with Crippen LogP contribution in [0.2, 0.25) is 0 Å². The van der Waals surface area contributed by atoms with Crippen LogP contribution in [0.15, 0.2) is 51.7 Å². The first-order valence-corrected chi connectivity index (χ1v) is 14.1. The molecule has 1 atom stereocenters. The molecule has 0 spiro atoms. The Morgan fingerprint density at radius 1 is 1.10 bits per heavy atom. The summed E-state index contributed by atoms with van der Waals surface area (Å²) in [5.74, 6) is -1.19. The summed E-state index contributed by atoms with van der Waals surface area (Å²) >= 11 is 1.00. The smallest absolute Gasteiger partial charge is 0.350 e. The van der Waals surface area contributed by atoms with Gasteiger partial charge in [0.25, 0.3) is 5.91 Å². The Labute approximate surface area is 234 Å². The molecule has 2 aromatic carbocycles. The quantitative estimate of drug-likeness (QED) is 0.158. The Morgan fingerprint density at radius 3 is 2.60 bits per heavy atom. The summed E-state index contributed by atoms with van der Waals surface area (Å²) in [6.07, 6.45) is 4.34. The number of aryl methyl sites for hydroxylation is 1. The van der Waals surface area contributed by atoms with Crippen molar-refractivity contribution in [3.05, 3.63) is 86.0 Å². The van der Waals surface area contributed by atoms with Gasteiger partial charge in [0, 0.05) is 0 Å². The fraction of sp³-hybridized carbons (Fsp3) is 0.333. The summed E-state index contributed by atoms with van der Waals surface area (Å²) in [7, 11) is 0. The summed E-state index contributed by atoms with van der Waals surface area (Å²) in [4.78, 5) is 46.1. The van der Waals surface area contributed by atoms with Crippen molar-refractivity contribution in [3.8, 4) is 5.75 Å². The summed E-state index contributed by atoms with van der Waals surface area (Å²) in [5.41, 5.74) is 0.695. The van der Waals surface area contributed by atoms with E-state index in [1.165, 1.54) is 17.0 Å². The number of carbonyl (C=O) groups excluding carboxylic acids is 2. The fourth-order valence-electron chi connectivity index (χ4n) is 4.79. The van der Waals surface area contributed by atoms with Crippen LogP contribution in [0.5, 0.6) is 5.75 Å². The Kier molecular flexibility index (Phi) is 7.97.